The normalized spacial score (nSPS) is 17.8. The third-order valence-electron chi connectivity index (χ3n) is 6.71. The fourth-order valence-corrected chi connectivity index (χ4v) is 5.04. The second-order valence-corrected chi connectivity index (χ2v) is 8.68. The predicted octanol–water partition coefficient (Wildman–Crippen LogP) is 5.29. The van der Waals surface area contributed by atoms with Gasteiger partial charge >= 0.3 is 0 Å². The Balaban J connectivity index is 1.66. The van der Waals surface area contributed by atoms with Gasteiger partial charge in [0.2, 0.25) is 5.91 Å². The summed E-state index contributed by atoms with van der Waals surface area (Å²) in [6.07, 6.45) is 2.94. The molecule has 1 aliphatic rings. The first-order chi connectivity index (χ1) is 16.0. The number of aryl methyl sites for hydroxylation is 2. The first-order valence-electron chi connectivity index (χ1n) is 11.3. The molecule has 0 saturated carbocycles. The zero-order valence-electron chi connectivity index (χ0n) is 19.1. The van der Waals surface area contributed by atoms with E-state index in [-0.39, 0.29) is 11.8 Å². The third kappa shape index (κ3) is 3.50. The average molecular weight is 438 g/mol. The highest BCUT2D eigenvalue weighted by atomic mass is 16.2. The first-order valence-corrected chi connectivity index (χ1v) is 11.3. The number of amides is 2. The number of rotatable bonds is 4. The molecule has 4 aromatic rings. The Morgan fingerprint density at radius 3 is 2.52 bits per heavy atom. The molecule has 0 spiro atoms. The van der Waals surface area contributed by atoms with E-state index < -0.39 is 12.0 Å². The maximum Gasteiger partial charge on any atom is 0.254 e. The highest BCUT2D eigenvalue weighted by molar-refractivity contribution is 6.05. The van der Waals surface area contributed by atoms with Crippen LogP contribution in [0, 0.1) is 0 Å². The smallest absolute Gasteiger partial charge is 0.254 e. The number of nitrogens with zero attached hydrogens (tertiary/aromatic N) is 2. The van der Waals surface area contributed by atoms with Crippen LogP contribution in [0.2, 0.25) is 0 Å². The van der Waals surface area contributed by atoms with Crippen molar-refractivity contribution >= 4 is 28.4 Å². The van der Waals surface area contributed by atoms with Crippen molar-refractivity contribution < 1.29 is 9.59 Å². The lowest BCUT2D eigenvalue weighted by atomic mass is 9.79. The Hall–Kier alpha value is -3.86. The highest BCUT2D eigenvalue weighted by Gasteiger charge is 2.43. The summed E-state index contributed by atoms with van der Waals surface area (Å²) in [5.41, 5.74) is 5.33. The van der Waals surface area contributed by atoms with E-state index in [1.165, 1.54) is 0 Å². The zero-order chi connectivity index (χ0) is 23.1. The first kappa shape index (κ1) is 21.0. The predicted molar refractivity (Wildman–Crippen MR) is 131 cm³/mol. The highest BCUT2D eigenvalue weighted by Crippen LogP contribution is 2.44. The third-order valence-corrected chi connectivity index (χ3v) is 6.71. The molecule has 0 fully saturated rings. The van der Waals surface area contributed by atoms with E-state index >= 15 is 0 Å². The Labute approximate surface area is 193 Å². The van der Waals surface area contributed by atoms with Crippen LogP contribution in [-0.4, -0.2) is 28.3 Å². The number of hydrogen-bond donors (Lipinski definition) is 1. The minimum Gasteiger partial charge on any atom is -0.350 e. The van der Waals surface area contributed by atoms with E-state index in [0.717, 1.165) is 39.7 Å². The molecule has 166 valence electrons. The van der Waals surface area contributed by atoms with Crippen LogP contribution in [0.1, 0.15) is 45.9 Å². The largest absolute Gasteiger partial charge is 0.350 e. The van der Waals surface area contributed by atoms with E-state index in [2.05, 4.69) is 35.0 Å². The van der Waals surface area contributed by atoms with Gasteiger partial charge in [0, 0.05) is 48.0 Å². The van der Waals surface area contributed by atoms with Crippen LogP contribution in [0.15, 0.2) is 79.0 Å². The van der Waals surface area contributed by atoms with Crippen LogP contribution in [0.4, 0.5) is 5.69 Å². The molecule has 1 N–H and O–H groups in total. The minimum atomic E-state index is -0.542. The molecule has 5 rings (SSSR count). The number of carbonyl (C=O) groups excluding carboxylic acids is 2. The SMILES string of the molecule is CCc1cccc(NC(=O)[C@H]2c3ccccc3C(=O)N(C)[C@H]2c2cn(C)c3ccccc23)c1. The molecule has 3 aromatic carbocycles. The van der Waals surface area contributed by atoms with Gasteiger partial charge in [-0.15, -0.1) is 0 Å². The number of likely N-dealkylation sites (N-methyl/N-ethyl adjacent to an activating group) is 1. The van der Waals surface area contributed by atoms with Crippen LogP contribution >= 0.6 is 0 Å². The lowest BCUT2D eigenvalue weighted by Gasteiger charge is -2.39. The van der Waals surface area contributed by atoms with Crippen molar-refractivity contribution in [1.29, 1.82) is 0 Å². The molecule has 0 radical (unpaired) electrons. The van der Waals surface area contributed by atoms with Crippen LogP contribution in [-0.2, 0) is 18.3 Å². The van der Waals surface area contributed by atoms with Gasteiger partial charge in [-0.1, -0.05) is 55.5 Å². The summed E-state index contributed by atoms with van der Waals surface area (Å²) in [6, 6.07) is 23.1. The minimum absolute atomic E-state index is 0.0689. The molecule has 0 unspecified atom stereocenters. The molecule has 2 heterocycles. The van der Waals surface area contributed by atoms with Crippen molar-refractivity contribution in [2.45, 2.75) is 25.3 Å². The molecule has 2 atom stereocenters. The van der Waals surface area contributed by atoms with E-state index in [9.17, 15) is 9.59 Å². The summed E-state index contributed by atoms with van der Waals surface area (Å²) in [7, 11) is 3.79. The Morgan fingerprint density at radius 1 is 0.939 bits per heavy atom. The summed E-state index contributed by atoms with van der Waals surface area (Å²) in [5, 5.41) is 4.18. The summed E-state index contributed by atoms with van der Waals surface area (Å²) in [6.45, 7) is 2.09. The van der Waals surface area contributed by atoms with Crippen molar-refractivity contribution in [1.82, 2.24) is 9.47 Å². The zero-order valence-corrected chi connectivity index (χ0v) is 19.1. The number of benzene rings is 3. The van der Waals surface area contributed by atoms with E-state index in [4.69, 9.17) is 0 Å². The molecule has 5 nitrogen and oxygen atoms in total. The quantitative estimate of drug-likeness (QED) is 0.472. The number of aromatic nitrogens is 1. The van der Waals surface area contributed by atoms with Gasteiger partial charge in [0.25, 0.3) is 5.91 Å². The molecule has 1 aliphatic heterocycles. The van der Waals surface area contributed by atoms with Gasteiger partial charge in [-0.25, -0.2) is 0 Å². The van der Waals surface area contributed by atoms with Crippen LogP contribution in [0.3, 0.4) is 0 Å². The van der Waals surface area contributed by atoms with Crippen molar-refractivity contribution in [3.8, 4) is 0 Å². The molecular weight excluding hydrogens is 410 g/mol. The molecule has 1 aromatic heterocycles. The van der Waals surface area contributed by atoms with Gasteiger partial charge in [-0.2, -0.15) is 0 Å². The number of para-hydroxylation sites is 1. The van der Waals surface area contributed by atoms with Gasteiger partial charge < -0.3 is 14.8 Å². The Bertz CT molecular complexity index is 1370. The van der Waals surface area contributed by atoms with Crippen LogP contribution in [0.25, 0.3) is 10.9 Å². The number of anilines is 1. The van der Waals surface area contributed by atoms with Gasteiger partial charge in [0.1, 0.15) is 0 Å². The van der Waals surface area contributed by atoms with Crippen molar-refractivity contribution in [2.24, 2.45) is 7.05 Å². The lowest BCUT2D eigenvalue weighted by molar-refractivity contribution is -0.119. The van der Waals surface area contributed by atoms with E-state index in [1.807, 2.05) is 67.8 Å². The number of carbonyl (C=O) groups is 2. The summed E-state index contributed by atoms with van der Waals surface area (Å²) in [5.74, 6) is -0.728. The number of hydrogen-bond acceptors (Lipinski definition) is 2. The van der Waals surface area contributed by atoms with E-state index in [0.29, 0.717) is 5.56 Å². The molecular formula is C28H27N3O2. The average Bonchev–Trinajstić information content (AvgIpc) is 3.17. The van der Waals surface area contributed by atoms with E-state index in [1.54, 1.807) is 11.9 Å². The van der Waals surface area contributed by atoms with Gasteiger partial charge in [-0.05, 0) is 41.8 Å². The maximum atomic E-state index is 13.9. The van der Waals surface area contributed by atoms with Gasteiger partial charge in [0.05, 0.1) is 12.0 Å². The molecule has 2 amide bonds. The second-order valence-electron chi connectivity index (χ2n) is 8.68. The Morgan fingerprint density at radius 2 is 1.70 bits per heavy atom. The van der Waals surface area contributed by atoms with Crippen LogP contribution < -0.4 is 5.32 Å². The Kier molecular flexibility index (Phi) is 5.25. The van der Waals surface area contributed by atoms with Crippen molar-refractivity contribution in [2.75, 3.05) is 12.4 Å². The lowest BCUT2D eigenvalue weighted by Crippen LogP contribution is -2.44. The standard InChI is InChI=1S/C28H27N3O2/c1-4-18-10-9-11-19(16-18)29-27(32)25-21-13-5-6-14-22(21)28(33)31(3)26(25)23-17-30(2)24-15-8-7-12-20(23)24/h5-17,25-26H,4H2,1-3H3,(H,29,32)/t25-,26-/m0/s1. The molecule has 0 saturated heterocycles. The number of fused-ring (bicyclic) bond motifs is 2. The monoisotopic (exact) mass is 437 g/mol. The molecule has 0 bridgehead atoms. The molecule has 0 aliphatic carbocycles. The van der Waals surface area contributed by atoms with Crippen molar-refractivity contribution in [3.63, 3.8) is 0 Å². The summed E-state index contributed by atoms with van der Waals surface area (Å²) >= 11 is 0. The van der Waals surface area contributed by atoms with Gasteiger partial charge in [0.15, 0.2) is 0 Å². The fourth-order valence-electron chi connectivity index (χ4n) is 5.04. The van der Waals surface area contributed by atoms with Gasteiger partial charge in [-0.3, -0.25) is 9.59 Å². The topological polar surface area (TPSA) is 54.3 Å². The van der Waals surface area contributed by atoms with Crippen LogP contribution in [0.5, 0.6) is 0 Å². The fraction of sp³-hybridized carbons (Fsp3) is 0.214. The number of nitrogens with one attached hydrogen (secondary N) is 1. The van der Waals surface area contributed by atoms with Crippen molar-refractivity contribution in [3.05, 3.63) is 101 Å². The molecule has 33 heavy (non-hydrogen) atoms. The maximum absolute atomic E-state index is 13.9. The second kappa shape index (κ2) is 8.24. The summed E-state index contributed by atoms with van der Waals surface area (Å²) < 4.78 is 2.06. The molecule has 5 heteroatoms. The summed E-state index contributed by atoms with van der Waals surface area (Å²) in [4.78, 5) is 28.9.